The van der Waals surface area contributed by atoms with Crippen LogP contribution in [0.15, 0.2) is 36.5 Å². The Hall–Kier alpha value is -2.86. The summed E-state index contributed by atoms with van der Waals surface area (Å²) in [5.41, 5.74) is 8.06. The highest BCUT2D eigenvalue weighted by atomic mass is 35.5. The fourth-order valence-electron chi connectivity index (χ4n) is 4.50. The molecule has 1 N–H and O–H groups in total. The van der Waals surface area contributed by atoms with Gasteiger partial charge in [-0.25, -0.2) is 4.52 Å². The molecule has 0 aliphatic heterocycles. The summed E-state index contributed by atoms with van der Waals surface area (Å²) >= 11 is 6.39. The van der Waals surface area contributed by atoms with Gasteiger partial charge in [0.1, 0.15) is 0 Å². The van der Waals surface area contributed by atoms with Crippen molar-refractivity contribution in [1.82, 2.24) is 24.4 Å². The fourth-order valence-corrected chi connectivity index (χ4v) is 4.78. The van der Waals surface area contributed by atoms with Gasteiger partial charge in [-0.15, -0.1) is 5.10 Å². The van der Waals surface area contributed by atoms with E-state index in [1.807, 2.05) is 21.5 Å². The van der Waals surface area contributed by atoms with Crippen LogP contribution in [0.3, 0.4) is 0 Å². The molecule has 3 heterocycles. The second-order valence-corrected chi connectivity index (χ2v) is 8.42. The molecule has 0 radical (unpaired) electrons. The maximum atomic E-state index is 6.39. The minimum absolute atomic E-state index is 0.242. The molecule has 1 aliphatic rings. The zero-order chi connectivity index (χ0) is 20.8. The first-order valence-corrected chi connectivity index (χ1v) is 10.8. The summed E-state index contributed by atoms with van der Waals surface area (Å²) in [5, 5.41) is 13.3. The van der Waals surface area contributed by atoms with E-state index in [1.54, 1.807) is 0 Å². The number of aromatic nitrogens is 5. The van der Waals surface area contributed by atoms with Crippen molar-refractivity contribution in [2.24, 2.45) is 0 Å². The Morgan fingerprint density at radius 3 is 2.83 bits per heavy atom. The molecule has 0 fully saturated rings. The normalized spacial score (nSPS) is 16.1. The van der Waals surface area contributed by atoms with Crippen LogP contribution in [0, 0.1) is 13.8 Å². The first kappa shape index (κ1) is 19.1. The maximum Gasteiger partial charge on any atom is 0.243 e. The second kappa shape index (κ2) is 7.43. The SMILES string of the molecule is CCn1nc(Cl)c2c1CCC(Nc1nc3c(-c4ccc(C)cc4C)cccn3n1)C2. The third kappa shape index (κ3) is 3.25. The van der Waals surface area contributed by atoms with Gasteiger partial charge in [0.15, 0.2) is 10.8 Å². The number of benzene rings is 1. The topological polar surface area (TPSA) is 60.0 Å². The molecule has 0 saturated heterocycles. The number of nitrogens with zero attached hydrogens (tertiary/aromatic N) is 5. The van der Waals surface area contributed by atoms with E-state index in [9.17, 15) is 0 Å². The molecule has 30 heavy (non-hydrogen) atoms. The van der Waals surface area contributed by atoms with Crippen molar-refractivity contribution < 1.29 is 0 Å². The van der Waals surface area contributed by atoms with Crippen molar-refractivity contribution in [3.8, 4) is 11.1 Å². The molecular weight excluding hydrogens is 396 g/mol. The van der Waals surface area contributed by atoms with Crippen LogP contribution in [-0.2, 0) is 19.4 Å². The van der Waals surface area contributed by atoms with Gasteiger partial charge in [-0.2, -0.15) is 10.1 Å². The Morgan fingerprint density at radius 1 is 1.17 bits per heavy atom. The van der Waals surface area contributed by atoms with Crippen molar-refractivity contribution in [1.29, 1.82) is 0 Å². The average Bonchev–Trinajstić information content (AvgIpc) is 3.28. The third-order valence-corrected chi connectivity index (χ3v) is 6.27. The van der Waals surface area contributed by atoms with Crippen LogP contribution in [0.1, 0.15) is 35.7 Å². The Balaban J connectivity index is 1.44. The number of rotatable bonds is 4. The van der Waals surface area contributed by atoms with Gasteiger partial charge in [0.2, 0.25) is 5.95 Å². The number of hydrogen-bond donors (Lipinski definition) is 1. The van der Waals surface area contributed by atoms with Crippen LogP contribution in [0.25, 0.3) is 16.8 Å². The highest BCUT2D eigenvalue weighted by Gasteiger charge is 2.26. The number of hydrogen-bond acceptors (Lipinski definition) is 4. The number of aryl methyl sites for hydroxylation is 3. The Kier molecular flexibility index (Phi) is 4.74. The summed E-state index contributed by atoms with van der Waals surface area (Å²) in [4.78, 5) is 4.83. The number of nitrogens with one attached hydrogen (secondary N) is 1. The minimum Gasteiger partial charge on any atom is -0.350 e. The third-order valence-electron chi connectivity index (χ3n) is 5.96. The van der Waals surface area contributed by atoms with Gasteiger partial charge in [0, 0.05) is 35.6 Å². The lowest BCUT2D eigenvalue weighted by molar-refractivity contribution is 0.552. The first-order chi connectivity index (χ1) is 14.5. The van der Waals surface area contributed by atoms with E-state index in [0.29, 0.717) is 11.1 Å². The van der Waals surface area contributed by atoms with E-state index < -0.39 is 0 Å². The highest BCUT2D eigenvalue weighted by Crippen LogP contribution is 2.30. The largest absolute Gasteiger partial charge is 0.350 e. The lowest BCUT2D eigenvalue weighted by atomic mass is 9.93. The predicted molar refractivity (Wildman–Crippen MR) is 120 cm³/mol. The van der Waals surface area contributed by atoms with E-state index >= 15 is 0 Å². The fraction of sp³-hybridized carbons (Fsp3) is 0.348. The number of pyridine rings is 1. The van der Waals surface area contributed by atoms with E-state index in [-0.39, 0.29) is 6.04 Å². The van der Waals surface area contributed by atoms with E-state index in [4.69, 9.17) is 16.6 Å². The molecule has 6 nitrogen and oxygen atoms in total. The van der Waals surface area contributed by atoms with Gasteiger partial charge >= 0.3 is 0 Å². The first-order valence-electron chi connectivity index (χ1n) is 10.5. The predicted octanol–water partition coefficient (Wildman–Crippen LogP) is 4.85. The summed E-state index contributed by atoms with van der Waals surface area (Å²) in [6, 6.07) is 10.9. The van der Waals surface area contributed by atoms with E-state index in [2.05, 4.69) is 60.6 Å². The molecule has 3 aromatic heterocycles. The van der Waals surface area contributed by atoms with Gasteiger partial charge in [-0.05, 0) is 63.3 Å². The van der Waals surface area contributed by atoms with Crippen LogP contribution >= 0.6 is 11.6 Å². The lowest BCUT2D eigenvalue weighted by Crippen LogP contribution is -2.28. The quantitative estimate of drug-likeness (QED) is 0.512. The molecule has 0 bridgehead atoms. The molecule has 0 amide bonds. The summed E-state index contributed by atoms with van der Waals surface area (Å²) in [7, 11) is 0. The monoisotopic (exact) mass is 420 g/mol. The van der Waals surface area contributed by atoms with Crippen molar-refractivity contribution in [3.63, 3.8) is 0 Å². The summed E-state index contributed by atoms with van der Waals surface area (Å²) in [6.45, 7) is 7.20. The van der Waals surface area contributed by atoms with Crippen molar-refractivity contribution in [3.05, 3.63) is 64.1 Å². The van der Waals surface area contributed by atoms with Crippen molar-refractivity contribution in [2.45, 2.75) is 52.6 Å². The molecule has 1 aromatic carbocycles. The Morgan fingerprint density at radius 2 is 2.03 bits per heavy atom. The zero-order valence-corrected chi connectivity index (χ0v) is 18.2. The van der Waals surface area contributed by atoms with Gasteiger partial charge in [-0.3, -0.25) is 4.68 Å². The van der Waals surface area contributed by atoms with E-state index in [0.717, 1.165) is 42.6 Å². The van der Waals surface area contributed by atoms with Crippen LogP contribution in [0.5, 0.6) is 0 Å². The molecule has 0 spiro atoms. The summed E-state index contributed by atoms with van der Waals surface area (Å²) < 4.78 is 3.88. The second-order valence-electron chi connectivity index (χ2n) is 8.06. The Labute approximate surface area is 180 Å². The smallest absolute Gasteiger partial charge is 0.243 e. The summed E-state index contributed by atoms with van der Waals surface area (Å²) in [5.74, 6) is 0.652. The molecule has 7 heteroatoms. The number of anilines is 1. The molecule has 5 rings (SSSR count). The van der Waals surface area contributed by atoms with E-state index in [1.165, 1.54) is 22.4 Å². The molecule has 1 aliphatic carbocycles. The average molecular weight is 421 g/mol. The van der Waals surface area contributed by atoms with Gasteiger partial charge in [0.05, 0.1) is 0 Å². The lowest BCUT2D eigenvalue weighted by Gasteiger charge is -2.23. The number of halogens is 1. The maximum absolute atomic E-state index is 6.39. The van der Waals surface area contributed by atoms with Crippen molar-refractivity contribution >= 4 is 23.2 Å². The molecule has 1 atom stereocenters. The van der Waals surface area contributed by atoms with Crippen LogP contribution in [0.4, 0.5) is 5.95 Å². The molecular formula is C23H25ClN6. The van der Waals surface area contributed by atoms with Crippen molar-refractivity contribution in [2.75, 3.05) is 5.32 Å². The van der Waals surface area contributed by atoms with Gasteiger partial charge in [0.25, 0.3) is 0 Å². The van der Waals surface area contributed by atoms with Crippen LogP contribution in [-0.4, -0.2) is 30.4 Å². The minimum atomic E-state index is 0.242. The van der Waals surface area contributed by atoms with Crippen LogP contribution in [0.2, 0.25) is 5.15 Å². The molecule has 0 saturated carbocycles. The molecule has 4 aromatic rings. The summed E-state index contributed by atoms with van der Waals surface area (Å²) in [6.07, 6.45) is 4.76. The Bertz CT molecular complexity index is 1240. The standard InChI is InChI=1S/C23H25ClN6/c1-4-29-20-10-8-16(13-19(20)21(24)27-29)25-23-26-22-18(6-5-11-30(22)28-23)17-9-7-14(2)12-15(17)3/h5-7,9,11-12,16H,4,8,10,13H2,1-3H3,(H,25,28). The van der Waals surface area contributed by atoms with Crippen LogP contribution < -0.4 is 5.32 Å². The molecule has 154 valence electrons. The number of fused-ring (bicyclic) bond motifs is 2. The molecule has 1 unspecified atom stereocenters. The highest BCUT2D eigenvalue weighted by molar-refractivity contribution is 6.30. The van der Waals surface area contributed by atoms with Gasteiger partial charge in [-0.1, -0.05) is 35.4 Å². The zero-order valence-electron chi connectivity index (χ0n) is 17.5. The van der Waals surface area contributed by atoms with Gasteiger partial charge < -0.3 is 5.32 Å².